The fourth-order valence-corrected chi connectivity index (χ4v) is 3.01. The van der Waals surface area contributed by atoms with Gasteiger partial charge < -0.3 is 4.57 Å². The quantitative estimate of drug-likeness (QED) is 0.745. The van der Waals surface area contributed by atoms with E-state index in [4.69, 9.17) is 4.98 Å². The van der Waals surface area contributed by atoms with Crippen LogP contribution in [0.2, 0.25) is 0 Å². The maximum absolute atomic E-state index is 4.77. The van der Waals surface area contributed by atoms with Gasteiger partial charge >= 0.3 is 0 Å². The summed E-state index contributed by atoms with van der Waals surface area (Å²) in [4.78, 5) is 16.1. The van der Waals surface area contributed by atoms with Gasteiger partial charge in [0.15, 0.2) is 5.82 Å². The van der Waals surface area contributed by atoms with E-state index < -0.39 is 0 Å². The molecule has 0 bridgehead atoms. The van der Waals surface area contributed by atoms with Gasteiger partial charge in [-0.3, -0.25) is 4.90 Å². The second kappa shape index (κ2) is 5.93. The Bertz CT molecular complexity index is 809. The average molecular weight is 305 g/mol. The smallest absolute Gasteiger partial charge is 0.159 e. The van der Waals surface area contributed by atoms with Crippen molar-refractivity contribution >= 4 is 0 Å². The standard InChI is InChI=1S/C18H19N5/c1-22-11-16(20-13-22)12-23-8-7-17-15(10-23)9-19-18(21-17)14-5-3-2-4-6-14/h2-6,9,11,13H,7-8,10,12H2,1H3. The van der Waals surface area contributed by atoms with E-state index in [9.17, 15) is 0 Å². The van der Waals surface area contributed by atoms with Gasteiger partial charge in [0.2, 0.25) is 0 Å². The molecule has 0 N–H and O–H groups in total. The normalized spacial score (nSPS) is 14.7. The zero-order chi connectivity index (χ0) is 15.6. The highest BCUT2D eigenvalue weighted by Crippen LogP contribution is 2.21. The fraction of sp³-hybridized carbons (Fsp3) is 0.278. The molecule has 0 saturated heterocycles. The minimum absolute atomic E-state index is 0.822. The average Bonchev–Trinajstić information content (AvgIpc) is 3.00. The topological polar surface area (TPSA) is 46.8 Å². The van der Waals surface area contributed by atoms with Gasteiger partial charge in [0.25, 0.3) is 0 Å². The molecule has 116 valence electrons. The summed E-state index contributed by atoms with van der Waals surface area (Å²) in [5.74, 6) is 0.822. The van der Waals surface area contributed by atoms with Gasteiger partial charge in [0.1, 0.15) is 0 Å². The van der Waals surface area contributed by atoms with Crippen LogP contribution in [0.25, 0.3) is 11.4 Å². The molecule has 0 amide bonds. The Labute approximate surface area is 135 Å². The van der Waals surface area contributed by atoms with Gasteiger partial charge in [-0.2, -0.15) is 0 Å². The maximum atomic E-state index is 4.77. The van der Waals surface area contributed by atoms with E-state index in [1.54, 1.807) is 0 Å². The molecule has 0 fully saturated rings. The van der Waals surface area contributed by atoms with Gasteiger partial charge in [-0.1, -0.05) is 30.3 Å². The van der Waals surface area contributed by atoms with E-state index in [1.807, 2.05) is 42.3 Å². The van der Waals surface area contributed by atoms with Gasteiger partial charge in [-0.05, 0) is 0 Å². The van der Waals surface area contributed by atoms with Crippen LogP contribution >= 0.6 is 0 Å². The number of imidazole rings is 1. The Kier molecular flexibility index (Phi) is 3.63. The molecule has 5 heteroatoms. The van der Waals surface area contributed by atoms with E-state index in [1.165, 1.54) is 11.3 Å². The fourth-order valence-electron chi connectivity index (χ4n) is 3.01. The molecule has 4 rings (SSSR count). The molecule has 0 saturated carbocycles. The Morgan fingerprint density at radius 1 is 1.13 bits per heavy atom. The molecule has 2 aromatic heterocycles. The van der Waals surface area contributed by atoms with E-state index >= 15 is 0 Å². The number of aryl methyl sites for hydroxylation is 1. The SMILES string of the molecule is Cn1cnc(CN2CCc3nc(-c4ccccc4)ncc3C2)c1. The summed E-state index contributed by atoms with van der Waals surface area (Å²) < 4.78 is 1.99. The third-order valence-corrected chi connectivity index (χ3v) is 4.19. The van der Waals surface area contributed by atoms with Gasteiger partial charge in [0, 0.05) is 56.6 Å². The molecular weight excluding hydrogens is 286 g/mol. The zero-order valence-corrected chi connectivity index (χ0v) is 13.2. The largest absolute Gasteiger partial charge is 0.340 e. The van der Waals surface area contributed by atoms with Crippen LogP contribution in [-0.4, -0.2) is 31.0 Å². The van der Waals surface area contributed by atoms with Crippen LogP contribution < -0.4 is 0 Å². The van der Waals surface area contributed by atoms with E-state index in [0.29, 0.717) is 0 Å². The highest BCUT2D eigenvalue weighted by Gasteiger charge is 2.19. The third-order valence-electron chi connectivity index (χ3n) is 4.19. The predicted molar refractivity (Wildman–Crippen MR) is 88.5 cm³/mol. The summed E-state index contributed by atoms with van der Waals surface area (Å²) in [6.07, 6.45) is 6.87. The van der Waals surface area contributed by atoms with E-state index in [-0.39, 0.29) is 0 Å². The zero-order valence-electron chi connectivity index (χ0n) is 13.2. The first kappa shape index (κ1) is 14.1. The van der Waals surface area contributed by atoms with Crippen molar-refractivity contribution in [3.05, 3.63) is 66.0 Å². The molecule has 0 unspecified atom stereocenters. The number of nitrogens with zero attached hydrogens (tertiary/aromatic N) is 5. The van der Waals surface area contributed by atoms with Crippen LogP contribution in [0.3, 0.4) is 0 Å². The van der Waals surface area contributed by atoms with Crippen LogP contribution in [0.4, 0.5) is 0 Å². The first-order valence-corrected chi connectivity index (χ1v) is 7.87. The second-order valence-electron chi connectivity index (χ2n) is 6.02. The monoisotopic (exact) mass is 305 g/mol. The van der Waals surface area contributed by atoms with Crippen molar-refractivity contribution in [3.63, 3.8) is 0 Å². The van der Waals surface area contributed by atoms with Crippen LogP contribution in [0.15, 0.2) is 49.1 Å². The van der Waals surface area contributed by atoms with Crippen molar-refractivity contribution in [2.45, 2.75) is 19.5 Å². The summed E-state index contributed by atoms with van der Waals surface area (Å²) in [6.45, 7) is 2.77. The molecular formula is C18H19N5. The highest BCUT2D eigenvalue weighted by molar-refractivity contribution is 5.54. The Morgan fingerprint density at radius 2 is 2.00 bits per heavy atom. The van der Waals surface area contributed by atoms with Crippen molar-refractivity contribution in [2.24, 2.45) is 7.05 Å². The minimum Gasteiger partial charge on any atom is -0.340 e. The summed E-state index contributed by atoms with van der Waals surface area (Å²) in [5.41, 5.74) is 4.59. The Morgan fingerprint density at radius 3 is 2.78 bits per heavy atom. The van der Waals surface area contributed by atoms with Crippen molar-refractivity contribution in [1.29, 1.82) is 0 Å². The Hall–Kier alpha value is -2.53. The molecule has 1 aliphatic heterocycles. The molecule has 0 radical (unpaired) electrons. The first-order chi connectivity index (χ1) is 11.3. The molecule has 3 aromatic rings. The summed E-state index contributed by atoms with van der Waals surface area (Å²) >= 11 is 0. The van der Waals surface area contributed by atoms with Crippen LogP contribution in [0, 0.1) is 0 Å². The molecule has 3 heterocycles. The lowest BCUT2D eigenvalue weighted by Crippen LogP contribution is -2.31. The predicted octanol–water partition coefficient (Wildman–Crippen LogP) is 2.44. The third kappa shape index (κ3) is 3.00. The van der Waals surface area contributed by atoms with E-state index in [0.717, 1.165) is 43.1 Å². The number of hydrogen-bond acceptors (Lipinski definition) is 4. The van der Waals surface area contributed by atoms with Gasteiger partial charge in [-0.15, -0.1) is 0 Å². The van der Waals surface area contributed by atoms with Crippen LogP contribution in [0.5, 0.6) is 0 Å². The lowest BCUT2D eigenvalue weighted by Gasteiger charge is -2.27. The number of benzene rings is 1. The molecule has 1 aromatic carbocycles. The van der Waals surface area contributed by atoms with Crippen molar-refractivity contribution in [2.75, 3.05) is 6.54 Å². The highest BCUT2D eigenvalue weighted by atomic mass is 15.2. The maximum Gasteiger partial charge on any atom is 0.159 e. The molecule has 23 heavy (non-hydrogen) atoms. The summed E-state index contributed by atoms with van der Waals surface area (Å²) in [7, 11) is 2.00. The molecule has 0 atom stereocenters. The summed E-state index contributed by atoms with van der Waals surface area (Å²) in [5, 5.41) is 0. The number of hydrogen-bond donors (Lipinski definition) is 0. The summed E-state index contributed by atoms with van der Waals surface area (Å²) in [6, 6.07) is 10.2. The van der Waals surface area contributed by atoms with Crippen molar-refractivity contribution in [1.82, 2.24) is 24.4 Å². The number of fused-ring (bicyclic) bond motifs is 1. The lowest BCUT2D eigenvalue weighted by atomic mass is 10.1. The number of rotatable bonds is 3. The van der Waals surface area contributed by atoms with Crippen molar-refractivity contribution < 1.29 is 0 Å². The van der Waals surface area contributed by atoms with Gasteiger partial charge in [0.05, 0.1) is 17.7 Å². The Balaban J connectivity index is 1.52. The number of aromatic nitrogens is 4. The molecule has 5 nitrogen and oxygen atoms in total. The van der Waals surface area contributed by atoms with Gasteiger partial charge in [-0.25, -0.2) is 15.0 Å². The first-order valence-electron chi connectivity index (χ1n) is 7.87. The molecule has 1 aliphatic rings. The van der Waals surface area contributed by atoms with E-state index in [2.05, 4.69) is 33.2 Å². The lowest BCUT2D eigenvalue weighted by molar-refractivity contribution is 0.240. The molecule has 0 spiro atoms. The van der Waals surface area contributed by atoms with Crippen LogP contribution in [-0.2, 0) is 26.6 Å². The van der Waals surface area contributed by atoms with Crippen LogP contribution in [0.1, 0.15) is 17.0 Å². The van der Waals surface area contributed by atoms with Crippen molar-refractivity contribution in [3.8, 4) is 11.4 Å². The second-order valence-corrected chi connectivity index (χ2v) is 6.02. The molecule has 0 aliphatic carbocycles. The minimum atomic E-state index is 0.822.